The van der Waals surface area contributed by atoms with E-state index < -0.39 is 28.7 Å². The summed E-state index contributed by atoms with van der Waals surface area (Å²) in [4.78, 5) is 39.3. The fourth-order valence-corrected chi connectivity index (χ4v) is 2.78. The summed E-state index contributed by atoms with van der Waals surface area (Å²) < 4.78 is 9.89. The number of benzene rings is 1. The number of hydrogen-bond acceptors (Lipinski definition) is 7. The molecule has 2 unspecified atom stereocenters. The lowest BCUT2D eigenvalue weighted by Crippen LogP contribution is -2.32. The van der Waals surface area contributed by atoms with E-state index in [1.807, 2.05) is 0 Å². The standard InChI is InChI=1S/C17H18N2O6/c1-4-25-16(20)13-9-18-10(2)14(17(21)24-3)15(13)11-6-5-7-12(8-11)19(22)23/h5-9,13,15H,4H2,1-3H3. The molecular formula is C17H18N2O6. The van der Waals surface area contributed by atoms with Crippen LogP contribution in [0.5, 0.6) is 0 Å². The summed E-state index contributed by atoms with van der Waals surface area (Å²) in [6.45, 7) is 3.46. The predicted octanol–water partition coefficient (Wildman–Crippen LogP) is 2.39. The number of nitro groups is 1. The average Bonchev–Trinajstić information content (AvgIpc) is 2.61. The monoisotopic (exact) mass is 346 g/mol. The number of nitrogens with zero attached hydrogens (tertiary/aromatic N) is 2. The molecule has 0 N–H and O–H groups in total. The van der Waals surface area contributed by atoms with Crippen LogP contribution in [-0.4, -0.2) is 36.8 Å². The van der Waals surface area contributed by atoms with E-state index in [0.717, 1.165) is 0 Å². The molecule has 2 atom stereocenters. The number of aliphatic imine (C=N–C) groups is 1. The van der Waals surface area contributed by atoms with Gasteiger partial charge in [0.2, 0.25) is 0 Å². The van der Waals surface area contributed by atoms with Crippen LogP contribution in [-0.2, 0) is 19.1 Å². The van der Waals surface area contributed by atoms with Crippen molar-refractivity contribution in [3.05, 3.63) is 51.2 Å². The van der Waals surface area contributed by atoms with Gasteiger partial charge in [-0.25, -0.2) is 4.79 Å². The minimum Gasteiger partial charge on any atom is -0.466 e. The van der Waals surface area contributed by atoms with Crippen LogP contribution in [0.15, 0.2) is 40.5 Å². The highest BCUT2D eigenvalue weighted by Gasteiger charge is 2.39. The van der Waals surface area contributed by atoms with Crippen molar-refractivity contribution in [1.29, 1.82) is 0 Å². The van der Waals surface area contributed by atoms with E-state index in [1.54, 1.807) is 19.9 Å². The molecule has 1 aliphatic heterocycles. The van der Waals surface area contributed by atoms with Gasteiger partial charge in [0.15, 0.2) is 0 Å². The minimum atomic E-state index is -0.875. The van der Waals surface area contributed by atoms with E-state index in [2.05, 4.69) is 4.99 Å². The molecule has 0 spiro atoms. The zero-order valence-corrected chi connectivity index (χ0v) is 14.1. The summed E-state index contributed by atoms with van der Waals surface area (Å²) >= 11 is 0. The van der Waals surface area contributed by atoms with Gasteiger partial charge in [-0.15, -0.1) is 0 Å². The second kappa shape index (κ2) is 7.69. The lowest BCUT2D eigenvalue weighted by Gasteiger charge is -2.28. The first kappa shape index (κ1) is 18.3. The summed E-state index contributed by atoms with van der Waals surface area (Å²) in [6.07, 6.45) is 1.41. The van der Waals surface area contributed by atoms with E-state index in [0.29, 0.717) is 11.3 Å². The molecule has 1 heterocycles. The van der Waals surface area contributed by atoms with Crippen LogP contribution >= 0.6 is 0 Å². The molecule has 0 fully saturated rings. The highest BCUT2D eigenvalue weighted by Crippen LogP contribution is 2.38. The molecule has 0 saturated heterocycles. The van der Waals surface area contributed by atoms with Crippen molar-refractivity contribution >= 4 is 23.8 Å². The number of carbonyl (C=O) groups is 2. The Labute approximate surface area is 144 Å². The van der Waals surface area contributed by atoms with Crippen molar-refractivity contribution in [2.45, 2.75) is 19.8 Å². The van der Waals surface area contributed by atoms with Gasteiger partial charge in [-0.1, -0.05) is 12.1 Å². The number of nitro benzene ring substituents is 1. The van der Waals surface area contributed by atoms with E-state index in [9.17, 15) is 19.7 Å². The third-order valence-electron chi connectivity index (χ3n) is 3.89. The highest BCUT2D eigenvalue weighted by atomic mass is 16.6. The Morgan fingerprint density at radius 2 is 2.08 bits per heavy atom. The number of allylic oxidation sites excluding steroid dienone is 1. The van der Waals surface area contributed by atoms with Gasteiger partial charge in [0.25, 0.3) is 5.69 Å². The summed E-state index contributed by atoms with van der Waals surface area (Å²) in [5, 5.41) is 11.1. The van der Waals surface area contributed by atoms with E-state index in [1.165, 1.54) is 31.5 Å². The maximum absolute atomic E-state index is 12.3. The largest absolute Gasteiger partial charge is 0.466 e. The van der Waals surface area contributed by atoms with Crippen molar-refractivity contribution in [2.75, 3.05) is 13.7 Å². The molecule has 2 rings (SSSR count). The SMILES string of the molecule is CCOC(=O)C1C=NC(C)=C(C(=O)OC)C1c1cccc([N+](=O)[O-])c1. The molecule has 8 heteroatoms. The Kier molecular flexibility index (Phi) is 5.63. The number of ether oxygens (including phenoxy) is 2. The van der Waals surface area contributed by atoms with Gasteiger partial charge in [-0.3, -0.25) is 19.9 Å². The minimum absolute atomic E-state index is 0.135. The van der Waals surface area contributed by atoms with Crippen LogP contribution in [0.2, 0.25) is 0 Å². The summed E-state index contributed by atoms with van der Waals surface area (Å²) in [5.74, 6) is -2.85. The van der Waals surface area contributed by atoms with Crippen LogP contribution < -0.4 is 0 Å². The number of methoxy groups -OCH3 is 1. The zero-order chi connectivity index (χ0) is 18.6. The molecule has 0 saturated carbocycles. The quantitative estimate of drug-likeness (QED) is 0.460. The smallest absolute Gasteiger partial charge is 0.336 e. The molecule has 0 bridgehead atoms. The Morgan fingerprint density at radius 3 is 2.68 bits per heavy atom. The van der Waals surface area contributed by atoms with Gasteiger partial charge in [0.05, 0.1) is 24.2 Å². The zero-order valence-electron chi connectivity index (χ0n) is 14.1. The Balaban J connectivity index is 2.60. The van der Waals surface area contributed by atoms with Crippen LogP contribution in [0.4, 0.5) is 5.69 Å². The molecule has 8 nitrogen and oxygen atoms in total. The van der Waals surface area contributed by atoms with Crippen LogP contribution in [0.3, 0.4) is 0 Å². The number of carbonyl (C=O) groups excluding carboxylic acids is 2. The van der Waals surface area contributed by atoms with Gasteiger partial charge >= 0.3 is 11.9 Å². The second-order valence-electron chi connectivity index (χ2n) is 5.38. The van der Waals surface area contributed by atoms with E-state index in [-0.39, 0.29) is 17.9 Å². The first-order chi connectivity index (χ1) is 11.9. The Bertz CT molecular complexity index is 768. The molecular weight excluding hydrogens is 328 g/mol. The van der Waals surface area contributed by atoms with Crippen LogP contribution in [0.1, 0.15) is 25.3 Å². The lowest BCUT2D eigenvalue weighted by molar-refractivity contribution is -0.384. The maximum atomic E-state index is 12.3. The number of rotatable bonds is 5. The second-order valence-corrected chi connectivity index (χ2v) is 5.38. The highest BCUT2D eigenvalue weighted by molar-refractivity contribution is 5.99. The number of non-ortho nitro benzene ring substituents is 1. The fraction of sp³-hybridized carbons (Fsp3) is 0.353. The van der Waals surface area contributed by atoms with Crippen LogP contribution in [0, 0.1) is 16.0 Å². The number of hydrogen-bond donors (Lipinski definition) is 0. The molecule has 0 aromatic heterocycles. The van der Waals surface area contributed by atoms with Gasteiger partial charge in [-0.2, -0.15) is 0 Å². The topological polar surface area (TPSA) is 108 Å². The van der Waals surface area contributed by atoms with Gasteiger partial charge in [0.1, 0.15) is 5.92 Å². The van der Waals surface area contributed by atoms with E-state index >= 15 is 0 Å². The molecule has 0 amide bonds. The molecule has 132 valence electrons. The molecule has 1 aromatic rings. The summed E-state index contributed by atoms with van der Waals surface area (Å²) in [6, 6.07) is 5.81. The molecule has 0 radical (unpaired) electrons. The first-order valence-electron chi connectivity index (χ1n) is 7.65. The lowest BCUT2D eigenvalue weighted by atomic mass is 9.78. The van der Waals surface area contributed by atoms with Crippen molar-refractivity contribution < 1.29 is 24.0 Å². The predicted molar refractivity (Wildman–Crippen MR) is 89.2 cm³/mol. The normalized spacial score (nSPS) is 19.5. The molecule has 25 heavy (non-hydrogen) atoms. The van der Waals surface area contributed by atoms with Crippen molar-refractivity contribution in [1.82, 2.24) is 0 Å². The van der Waals surface area contributed by atoms with Crippen LogP contribution in [0.25, 0.3) is 0 Å². The van der Waals surface area contributed by atoms with Crippen molar-refractivity contribution in [3.63, 3.8) is 0 Å². The Hall–Kier alpha value is -3.03. The van der Waals surface area contributed by atoms with Crippen molar-refractivity contribution in [2.24, 2.45) is 10.9 Å². The van der Waals surface area contributed by atoms with Gasteiger partial charge < -0.3 is 9.47 Å². The summed E-state index contributed by atoms with van der Waals surface area (Å²) in [5.41, 5.74) is 0.884. The van der Waals surface area contributed by atoms with Gasteiger partial charge in [0, 0.05) is 30.0 Å². The third kappa shape index (κ3) is 3.73. The molecule has 1 aromatic carbocycles. The Morgan fingerprint density at radius 1 is 1.36 bits per heavy atom. The maximum Gasteiger partial charge on any atom is 0.336 e. The van der Waals surface area contributed by atoms with Gasteiger partial charge in [-0.05, 0) is 19.4 Å². The molecule has 1 aliphatic rings. The number of esters is 2. The van der Waals surface area contributed by atoms with Crippen molar-refractivity contribution in [3.8, 4) is 0 Å². The third-order valence-corrected chi connectivity index (χ3v) is 3.89. The van der Waals surface area contributed by atoms with E-state index in [4.69, 9.17) is 9.47 Å². The fourth-order valence-electron chi connectivity index (χ4n) is 2.78. The molecule has 0 aliphatic carbocycles. The first-order valence-corrected chi connectivity index (χ1v) is 7.65. The average molecular weight is 346 g/mol. The summed E-state index contributed by atoms with van der Waals surface area (Å²) in [7, 11) is 1.23.